The number of aryl methyl sites for hydroxylation is 1. The summed E-state index contributed by atoms with van der Waals surface area (Å²) in [6.07, 6.45) is 3.37. The monoisotopic (exact) mass is 262 g/mol. The van der Waals surface area contributed by atoms with Crippen molar-refractivity contribution in [2.75, 3.05) is 26.2 Å². The van der Waals surface area contributed by atoms with Gasteiger partial charge < -0.3 is 10.8 Å². The first kappa shape index (κ1) is 14.5. The molecule has 1 heterocycles. The number of aliphatic hydroxyl groups excluding tert-OH is 1. The maximum Gasteiger partial charge on any atom is 0.0470 e. The Morgan fingerprint density at radius 1 is 1.47 bits per heavy atom. The Kier molecular flexibility index (Phi) is 5.37. The van der Waals surface area contributed by atoms with Crippen molar-refractivity contribution in [2.24, 2.45) is 11.7 Å². The van der Waals surface area contributed by atoms with Crippen LogP contribution in [-0.2, 0) is 0 Å². The second-order valence-corrected chi connectivity index (χ2v) is 5.68. The number of hydrogen-bond acceptors (Lipinski definition) is 3. The Bertz CT molecular complexity index is 392. The molecule has 1 aromatic rings. The number of benzene rings is 1. The summed E-state index contributed by atoms with van der Waals surface area (Å²) >= 11 is 0. The van der Waals surface area contributed by atoms with Crippen molar-refractivity contribution in [3.8, 4) is 0 Å². The molecule has 0 saturated carbocycles. The Balaban J connectivity index is 2.08. The first-order valence-corrected chi connectivity index (χ1v) is 7.36. The van der Waals surface area contributed by atoms with E-state index in [1.807, 2.05) is 0 Å². The number of nitrogens with two attached hydrogens (primary N) is 1. The quantitative estimate of drug-likeness (QED) is 0.854. The molecule has 0 aromatic heterocycles. The number of aliphatic hydroxyl groups is 1. The smallest absolute Gasteiger partial charge is 0.0470 e. The molecule has 3 nitrogen and oxygen atoms in total. The number of rotatable bonds is 5. The van der Waals surface area contributed by atoms with Crippen molar-refractivity contribution in [3.05, 3.63) is 35.4 Å². The summed E-state index contributed by atoms with van der Waals surface area (Å²) in [7, 11) is 0. The van der Waals surface area contributed by atoms with E-state index in [-0.39, 0.29) is 0 Å². The van der Waals surface area contributed by atoms with E-state index in [1.54, 1.807) is 0 Å². The van der Waals surface area contributed by atoms with Crippen LogP contribution in [0.1, 0.15) is 36.4 Å². The highest BCUT2D eigenvalue weighted by molar-refractivity contribution is 5.25. The average molecular weight is 262 g/mol. The standard InChI is InChI=1S/C16H26N2O/c1-13-4-2-6-15(10-13)16(11-17)18-8-3-5-14(12-18)7-9-19/h2,4,6,10,14,16,19H,3,5,7-9,11-12,17H2,1H3. The fraction of sp³-hybridized carbons (Fsp3) is 0.625. The second-order valence-electron chi connectivity index (χ2n) is 5.68. The number of piperidine rings is 1. The van der Waals surface area contributed by atoms with Crippen LogP contribution in [0.4, 0.5) is 0 Å². The lowest BCUT2D eigenvalue weighted by atomic mass is 9.92. The molecule has 0 amide bonds. The van der Waals surface area contributed by atoms with Crippen LogP contribution in [0.3, 0.4) is 0 Å². The van der Waals surface area contributed by atoms with Gasteiger partial charge in [-0.15, -0.1) is 0 Å². The first-order chi connectivity index (χ1) is 9.24. The zero-order valence-corrected chi connectivity index (χ0v) is 11.9. The third kappa shape index (κ3) is 3.78. The predicted octanol–water partition coefficient (Wildman–Crippen LogP) is 2.09. The van der Waals surface area contributed by atoms with Gasteiger partial charge in [0.15, 0.2) is 0 Å². The molecule has 0 bridgehead atoms. The lowest BCUT2D eigenvalue weighted by Gasteiger charge is -2.38. The highest BCUT2D eigenvalue weighted by Crippen LogP contribution is 2.27. The highest BCUT2D eigenvalue weighted by Gasteiger charge is 2.25. The van der Waals surface area contributed by atoms with Gasteiger partial charge in [0.05, 0.1) is 0 Å². The molecule has 3 N–H and O–H groups in total. The lowest BCUT2D eigenvalue weighted by molar-refractivity contribution is 0.110. The SMILES string of the molecule is Cc1cccc(C(CN)N2CCCC(CCO)C2)c1. The topological polar surface area (TPSA) is 49.5 Å². The van der Waals surface area contributed by atoms with Crippen molar-refractivity contribution in [2.45, 2.75) is 32.2 Å². The molecule has 0 radical (unpaired) electrons. The van der Waals surface area contributed by atoms with Crippen LogP contribution in [0.2, 0.25) is 0 Å². The molecule has 0 aliphatic carbocycles. The van der Waals surface area contributed by atoms with E-state index in [1.165, 1.54) is 24.0 Å². The normalized spacial score (nSPS) is 22.4. The molecule has 1 saturated heterocycles. The van der Waals surface area contributed by atoms with Crippen molar-refractivity contribution in [1.29, 1.82) is 0 Å². The molecule has 1 aliphatic heterocycles. The molecule has 2 unspecified atom stereocenters. The van der Waals surface area contributed by atoms with Crippen molar-refractivity contribution < 1.29 is 5.11 Å². The van der Waals surface area contributed by atoms with Gasteiger partial charge in [-0.3, -0.25) is 4.90 Å². The van der Waals surface area contributed by atoms with E-state index in [2.05, 4.69) is 36.1 Å². The summed E-state index contributed by atoms with van der Waals surface area (Å²) < 4.78 is 0. The summed E-state index contributed by atoms with van der Waals surface area (Å²) in [5.74, 6) is 0.623. The maximum absolute atomic E-state index is 9.11. The van der Waals surface area contributed by atoms with Crippen molar-refractivity contribution >= 4 is 0 Å². The minimum absolute atomic E-state index is 0.302. The van der Waals surface area contributed by atoms with Crippen LogP contribution in [-0.4, -0.2) is 36.2 Å². The van der Waals surface area contributed by atoms with Gasteiger partial charge in [-0.2, -0.15) is 0 Å². The zero-order chi connectivity index (χ0) is 13.7. The molecule has 1 fully saturated rings. The number of likely N-dealkylation sites (tertiary alicyclic amines) is 1. The molecular formula is C16H26N2O. The molecule has 3 heteroatoms. The first-order valence-electron chi connectivity index (χ1n) is 7.36. The minimum atomic E-state index is 0.302. The molecular weight excluding hydrogens is 236 g/mol. The molecule has 0 spiro atoms. The number of nitrogens with zero attached hydrogens (tertiary/aromatic N) is 1. The third-order valence-corrected chi connectivity index (χ3v) is 4.18. The second kappa shape index (κ2) is 7.04. The van der Waals surface area contributed by atoms with E-state index in [9.17, 15) is 0 Å². The van der Waals surface area contributed by atoms with Gasteiger partial charge in [-0.1, -0.05) is 29.8 Å². The van der Waals surface area contributed by atoms with Crippen molar-refractivity contribution in [1.82, 2.24) is 4.90 Å². The fourth-order valence-electron chi connectivity index (χ4n) is 3.17. The maximum atomic E-state index is 9.11. The fourth-order valence-corrected chi connectivity index (χ4v) is 3.17. The molecule has 1 aliphatic rings. The van der Waals surface area contributed by atoms with E-state index in [0.717, 1.165) is 19.5 Å². The molecule has 2 atom stereocenters. The molecule has 1 aromatic carbocycles. The van der Waals surface area contributed by atoms with E-state index in [4.69, 9.17) is 10.8 Å². The van der Waals surface area contributed by atoms with Gasteiger partial charge in [-0.05, 0) is 44.2 Å². The summed E-state index contributed by atoms with van der Waals surface area (Å²) in [5.41, 5.74) is 8.63. The van der Waals surface area contributed by atoms with Gasteiger partial charge in [-0.25, -0.2) is 0 Å². The average Bonchev–Trinajstić information content (AvgIpc) is 2.41. The Morgan fingerprint density at radius 3 is 3.00 bits per heavy atom. The Morgan fingerprint density at radius 2 is 2.32 bits per heavy atom. The van der Waals surface area contributed by atoms with Gasteiger partial charge in [0.1, 0.15) is 0 Å². The Hall–Kier alpha value is -0.900. The summed E-state index contributed by atoms with van der Waals surface area (Å²) in [4.78, 5) is 2.50. The van der Waals surface area contributed by atoms with Crippen LogP contribution in [0.25, 0.3) is 0 Å². The lowest BCUT2D eigenvalue weighted by Crippen LogP contribution is -2.41. The minimum Gasteiger partial charge on any atom is -0.396 e. The van der Waals surface area contributed by atoms with Gasteiger partial charge in [0.25, 0.3) is 0 Å². The summed E-state index contributed by atoms with van der Waals surface area (Å²) in [5, 5.41) is 9.11. The molecule has 106 valence electrons. The van der Waals surface area contributed by atoms with Crippen LogP contribution in [0.5, 0.6) is 0 Å². The van der Waals surface area contributed by atoms with E-state index in [0.29, 0.717) is 25.1 Å². The largest absolute Gasteiger partial charge is 0.396 e. The molecule has 19 heavy (non-hydrogen) atoms. The van der Waals surface area contributed by atoms with Gasteiger partial charge in [0, 0.05) is 25.7 Å². The van der Waals surface area contributed by atoms with Crippen LogP contribution < -0.4 is 5.73 Å². The van der Waals surface area contributed by atoms with E-state index < -0.39 is 0 Å². The van der Waals surface area contributed by atoms with Crippen LogP contribution in [0.15, 0.2) is 24.3 Å². The Labute approximate surface area is 116 Å². The number of hydrogen-bond donors (Lipinski definition) is 2. The molecule has 2 rings (SSSR count). The van der Waals surface area contributed by atoms with Crippen molar-refractivity contribution in [3.63, 3.8) is 0 Å². The van der Waals surface area contributed by atoms with Crippen LogP contribution >= 0.6 is 0 Å². The third-order valence-electron chi connectivity index (χ3n) is 4.18. The predicted molar refractivity (Wildman–Crippen MR) is 79.0 cm³/mol. The van der Waals surface area contributed by atoms with E-state index >= 15 is 0 Å². The zero-order valence-electron chi connectivity index (χ0n) is 11.9. The van der Waals surface area contributed by atoms with Gasteiger partial charge >= 0.3 is 0 Å². The summed E-state index contributed by atoms with van der Waals surface area (Å²) in [6.45, 7) is 5.28. The summed E-state index contributed by atoms with van der Waals surface area (Å²) in [6, 6.07) is 8.99. The van der Waals surface area contributed by atoms with Gasteiger partial charge in [0.2, 0.25) is 0 Å². The van der Waals surface area contributed by atoms with Crippen LogP contribution in [0, 0.1) is 12.8 Å². The highest BCUT2D eigenvalue weighted by atomic mass is 16.3.